The third-order valence-corrected chi connectivity index (χ3v) is 2.83. The predicted molar refractivity (Wildman–Crippen MR) is 56.7 cm³/mol. The maximum Gasteiger partial charge on any atom is 0.0802 e. The third kappa shape index (κ3) is 2.50. The van der Waals surface area contributed by atoms with Crippen LogP contribution >= 0.6 is 34.8 Å². The van der Waals surface area contributed by atoms with Gasteiger partial charge in [-0.25, -0.2) is 0 Å². The smallest absolute Gasteiger partial charge is 0.0802 e. The number of hydrogen-bond acceptors (Lipinski definition) is 1. The van der Waals surface area contributed by atoms with Gasteiger partial charge in [0, 0.05) is 10.6 Å². The topological polar surface area (TPSA) is 20.2 Å². The highest BCUT2D eigenvalue weighted by atomic mass is 35.5. The van der Waals surface area contributed by atoms with Crippen LogP contribution in [0.25, 0.3) is 0 Å². The molecular formula is C9H9Cl3O. The van der Waals surface area contributed by atoms with Gasteiger partial charge in [0.2, 0.25) is 0 Å². The van der Waals surface area contributed by atoms with Crippen molar-refractivity contribution < 1.29 is 5.11 Å². The second kappa shape index (κ2) is 4.52. The van der Waals surface area contributed by atoms with Crippen LogP contribution < -0.4 is 0 Å². The molecule has 13 heavy (non-hydrogen) atoms. The largest absolute Gasteiger partial charge is 0.388 e. The van der Waals surface area contributed by atoms with E-state index in [0.717, 1.165) is 0 Å². The van der Waals surface area contributed by atoms with Crippen LogP contribution in [0.3, 0.4) is 0 Å². The Morgan fingerprint density at radius 3 is 2.23 bits per heavy atom. The van der Waals surface area contributed by atoms with Crippen molar-refractivity contribution in [2.75, 3.05) is 0 Å². The van der Waals surface area contributed by atoms with Crippen LogP contribution in [0.1, 0.15) is 25.0 Å². The van der Waals surface area contributed by atoms with E-state index in [4.69, 9.17) is 34.8 Å². The highest BCUT2D eigenvalue weighted by molar-refractivity contribution is 6.43. The summed E-state index contributed by atoms with van der Waals surface area (Å²) in [5, 5.41) is 10.8. The average Bonchev–Trinajstić information content (AvgIpc) is 2.10. The fourth-order valence-electron chi connectivity index (χ4n) is 1.01. The van der Waals surface area contributed by atoms with Gasteiger partial charge in [0.15, 0.2) is 0 Å². The molecule has 1 aromatic carbocycles. The van der Waals surface area contributed by atoms with Crippen molar-refractivity contribution in [3.63, 3.8) is 0 Å². The first-order chi connectivity index (χ1) is 6.06. The van der Waals surface area contributed by atoms with Gasteiger partial charge in [0.1, 0.15) is 0 Å². The molecule has 1 nitrogen and oxygen atoms in total. The van der Waals surface area contributed by atoms with Crippen molar-refractivity contribution in [1.29, 1.82) is 0 Å². The van der Waals surface area contributed by atoms with E-state index >= 15 is 0 Å². The molecule has 0 heterocycles. The highest BCUT2D eigenvalue weighted by Gasteiger charge is 2.12. The van der Waals surface area contributed by atoms with Crippen molar-refractivity contribution in [3.05, 3.63) is 32.8 Å². The van der Waals surface area contributed by atoms with E-state index in [1.54, 1.807) is 12.1 Å². The molecule has 1 atom stereocenters. The van der Waals surface area contributed by atoms with Gasteiger partial charge in [-0.05, 0) is 18.6 Å². The van der Waals surface area contributed by atoms with Crippen LogP contribution in [0.2, 0.25) is 15.1 Å². The highest BCUT2D eigenvalue weighted by Crippen LogP contribution is 2.33. The van der Waals surface area contributed by atoms with Crippen molar-refractivity contribution in [2.24, 2.45) is 0 Å². The Hall–Kier alpha value is 0.0500. The normalized spacial score (nSPS) is 13.0. The second-order valence-corrected chi connectivity index (χ2v) is 3.93. The maximum absolute atomic E-state index is 9.54. The first-order valence-electron chi connectivity index (χ1n) is 3.88. The van der Waals surface area contributed by atoms with Crippen molar-refractivity contribution >= 4 is 34.8 Å². The minimum Gasteiger partial charge on any atom is -0.388 e. The van der Waals surface area contributed by atoms with E-state index in [1.165, 1.54) is 0 Å². The molecule has 0 aliphatic carbocycles. The van der Waals surface area contributed by atoms with E-state index in [1.807, 2.05) is 6.92 Å². The fourth-order valence-corrected chi connectivity index (χ4v) is 1.69. The van der Waals surface area contributed by atoms with E-state index in [2.05, 4.69) is 0 Å². The molecule has 0 bridgehead atoms. The Kier molecular flexibility index (Phi) is 3.87. The molecule has 0 aliphatic heterocycles. The molecule has 1 unspecified atom stereocenters. The van der Waals surface area contributed by atoms with Gasteiger partial charge in [0.25, 0.3) is 0 Å². The summed E-state index contributed by atoms with van der Waals surface area (Å²) in [6, 6.07) is 3.14. The summed E-state index contributed by atoms with van der Waals surface area (Å²) in [5.74, 6) is 0. The van der Waals surface area contributed by atoms with Gasteiger partial charge in [-0.2, -0.15) is 0 Å². The molecule has 0 aromatic heterocycles. The SMILES string of the molecule is CCC(O)c1cc(Cl)c(Cl)cc1Cl. The molecule has 1 N–H and O–H groups in total. The van der Waals surface area contributed by atoms with Gasteiger partial charge < -0.3 is 5.11 Å². The predicted octanol–water partition coefficient (Wildman–Crippen LogP) is 4.09. The molecule has 1 rings (SSSR count). The van der Waals surface area contributed by atoms with Crippen LogP contribution in [0.5, 0.6) is 0 Å². The van der Waals surface area contributed by atoms with Crippen LogP contribution in [0, 0.1) is 0 Å². The number of rotatable bonds is 2. The lowest BCUT2D eigenvalue weighted by Crippen LogP contribution is -1.96. The molecule has 0 saturated carbocycles. The van der Waals surface area contributed by atoms with Crippen LogP contribution in [0.4, 0.5) is 0 Å². The molecule has 0 radical (unpaired) electrons. The Morgan fingerprint density at radius 2 is 1.69 bits per heavy atom. The summed E-state index contributed by atoms with van der Waals surface area (Å²) in [4.78, 5) is 0. The van der Waals surface area contributed by atoms with Gasteiger partial charge >= 0.3 is 0 Å². The number of aliphatic hydroxyl groups excluding tert-OH is 1. The number of halogens is 3. The lowest BCUT2D eigenvalue weighted by molar-refractivity contribution is 0.174. The van der Waals surface area contributed by atoms with E-state index < -0.39 is 6.10 Å². The minimum atomic E-state index is -0.581. The summed E-state index contributed by atoms with van der Waals surface area (Å²) < 4.78 is 0. The molecule has 4 heteroatoms. The molecule has 0 amide bonds. The summed E-state index contributed by atoms with van der Waals surface area (Å²) in [5.41, 5.74) is 0.624. The third-order valence-electron chi connectivity index (χ3n) is 1.79. The first kappa shape index (κ1) is 11.1. The zero-order chi connectivity index (χ0) is 10.0. The van der Waals surface area contributed by atoms with Gasteiger partial charge in [0.05, 0.1) is 16.1 Å². The first-order valence-corrected chi connectivity index (χ1v) is 5.02. The van der Waals surface area contributed by atoms with Gasteiger partial charge in [-0.15, -0.1) is 0 Å². The monoisotopic (exact) mass is 238 g/mol. The lowest BCUT2D eigenvalue weighted by atomic mass is 10.1. The van der Waals surface area contributed by atoms with E-state index in [0.29, 0.717) is 27.1 Å². The molecule has 0 spiro atoms. The van der Waals surface area contributed by atoms with Gasteiger partial charge in [-0.3, -0.25) is 0 Å². The van der Waals surface area contributed by atoms with Crippen molar-refractivity contribution in [3.8, 4) is 0 Å². The summed E-state index contributed by atoms with van der Waals surface area (Å²) in [7, 11) is 0. The quantitative estimate of drug-likeness (QED) is 0.771. The van der Waals surface area contributed by atoms with Gasteiger partial charge in [-0.1, -0.05) is 41.7 Å². The van der Waals surface area contributed by atoms with Crippen molar-refractivity contribution in [2.45, 2.75) is 19.4 Å². The average molecular weight is 240 g/mol. The number of aliphatic hydroxyl groups is 1. The summed E-state index contributed by atoms with van der Waals surface area (Å²) >= 11 is 17.4. The van der Waals surface area contributed by atoms with Crippen LogP contribution in [0.15, 0.2) is 12.1 Å². The molecule has 72 valence electrons. The molecule has 0 aliphatic rings. The summed E-state index contributed by atoms with van der Waals surface area (Å²) in [6.07, 6.45) is 0.0137. The Labute approximate surface area is 92.2 Å². The number of benzene rings is 1. The Balaban J connectivity index is 3.15. The molecular weight excluding hydrogens is 230 g/mol. The van der Waals surface area contributed by atoms with E-state index in [9.17, 15) is 5.11 Å². The van der Waals surface area contributed by atoms with E-state index in [-0.39, 0.29) is 0 Å². The minimum absolute atomic E-state index is 0.402. The fraction of sp³-hybridized carbons (Fsp3) is 0.333. The Morgan fingerprint density at radius 1 is 1.15 bits per heavy atom. The summed E-state index contributed by atoms with van der Waals surface area (Å²) in [6.45, 7) is 1.86. The van der Waals surface area contributed by atoms with Crippen LogP contribution in [-0.2, 0) is 0 Å². The Bertz CT molecular complexity index is 312. The van der Waals surface area contributed by atoms with Crippen LogP contribution in [-0.4, -0.2) is 5.11 Å². The lowest BCUT2D eigenvalue weighted by Gasteiger charge is -2.11. The second-order valence-electron chi connectivity index (χ2n) is 2.71. The zero-order valence-corrected chi connectivity index (χ0v) is 9.29. The molecule has 1 aromatic rings. The molecule has 0 saturated heterocycles. The zero-order valence-electron chi connectivity index (χ0n) is 7.02. The van der Waals surface area contributed by atoms with Crippen molar-refractivity contribution in [1.82, 2.24) is 0 Å². The molecule has 0 fully saturated rings. The maximum atomic E-state index is 9.54. The standard InChI is InChI=1S/C9H9Cl3O/c1-2-9(13)5-3-7(11)8(12)4-6(5)10/h3-4,9,13H,2H2,1H3. The number of hydrogen-bond donors (Lipinski definition) is 1.